The van der Waals surface area contributed by atoms with Crippen molar-refractivity contribution in [1.82, 2.24) is 4.98 Å². The monoisotopic (exact) mass is 499 g/mol. The molecule has 0 radical (unpaired) electrons. The molecule has 9 nitrogen and oxygen atoms in total. The molecule has 0 aliphatic heterocycles. The van der Waals surface area contributed by atoms with Crippen LogP contribution in [0.25, 0.3) is 10.9 Å². The minimum Gasteiger partial charge on any atom is -0.454 e. The molecule has 0 fully saturated rings. The minimum atomic E-state index is -1.35. The third kappa shape index (κ3) is 5.54. The van der Waals surface area contributed by atoms with Crippen molar-refractivity contribution in [3.05, 3.63) is 58.2 Å². The van der Waals surface area contributed by atoms with Gasteiger partial charge in [-0.1, -0.05) is 30.1 Å². The molecule has 0 bridgehead atoms. The molecule has 34 heavy (non-hydrogen) atoms. The maximum atomic E-state index is 11.8. The van der Waals surface area contributed by atoms with E-state index >= 15 is 0 Å². The Hall–Kier alpha value is -3.87. The lowest BCUT2D eigenvalue weighted by atomic mass is 10.1. The number of hydrazone groups is 1. The highest BCUT2D eigenvalue weighted by Gasteiger charge is 2.19. The van der Waals surface area contributed by atoms with Crippen LogP contribution in [-0.2, 0) is 16.0 Å². The number of hydrogen-bond acceptors (Lipinski definition) is 8. The molecule has 11 heteroatoms. The van der Waals surface area contributed by atoms with Crippen LogP contribution in [0.2, 0.25) is 10.0 Å². The standard InChI is InChI=1S/C23H19Cl2N5O4/c1-3-13-7-8-28-19-6-5-15(11-16(13)19)33-21-17(24)9-14(10-18(21)25)30(4-2)29-20(12-26)22(31)34-23(27)32/h5-11H,3-4H2,1-2H3,(H2,27,32). The first kappa shape index (κ1) is 24.8. The topological polar surface area (TPSA) is 131 Å². The van der Waals surface area contributed by atoms with Crippen LogP contribution in [0.5, 0.6) is 11.5 Å². The van der Waals surface area contributed by atoms with E-state index in [4.69, 9.17) is 33.7 Å². The number of aryl methyl sites for hydroxylation is 1. The number of carbonyl (C=O) groups is 2. The van der Waals surface area contributed by atoms with Gasteiger partial charge in [-0.15, -0.1) is 0 Å². The van der Waals surface area contributed by atoms with Crippen molar-refractivity contribution < 1.29 is 19.1 Å². The fraction of sp³-hybridized carbons (Fsp3) is 0.174. The van der Waals surface area contributed by atoms with Gasteiger partial charge in [-0.2, -0.15) is 10.4 Å². The lowest BCUT2D eigenvalue weighted by Crippen LogP contribution is -2.27. The number of amides is 1. The van der Waals surface area contributed by atoms with Gasteiger partial charge in [-0.3, -0.25) is 9.99 Å². The highest BCUT2D eigenvalue weighted by atomic mass is 35.5. The van der Waals surface area contributed by atoms with Crippen molar-refractivity contribution >= 4 is 57.6 Å². The molecule has 3 rings (SSSR count). The van der Waals surface area contributed by atoms with Crippen molar-refractivity contribution in [2.75, 3.05) is 11.6 Å². The van der Waals surface area contributed by atoms with E-state index in [9.17, 15) is 14.9 Å². The summed E-state index contributed by atoms with van der Waals surface area (Å²) in [7, 11) is 0. The quantitative estimate of drug-likeness (QED) is 0.204. The zero-order valence-electron chi connectivity index (χ0n) is 18.2. The van der Waals surface area contributed by atoms with Gasteiger partial charge >= 0.3 is 12.1 Å². The molecule has 0 saturated carbocycles. The Labute approximate surface area is 205 Å². The number of nitriles is 1. The van der Waals surface area contributed by atoms with Gasteiger partial charge in [-0.05, 0) is 55.3 Å². The number of pyridine rings is 1. The summed E-state index contributed by atoms with van der Waals surface area (Å²) in [6, 6.07) is 12.0. The molecular weight excluding hydrogens is 481 g/mol. The Morgan fingerprint density at radius 3 is 2.47 bits per heavy atom. The average molecular weight is 500 g/mol. The van der Waals surface area contributed by atoms with Gasteiger partial charge in [0.2, 0.25) is 5.71 Å². The van der Waals surface area contributed by atoms with Crippen LogP contribution >= 0.6 is 23.2 Å². The number of halogens is 2. The summed E-state index contributed by atoms with van der Waals surface area (Å²) in [6.07, 6.45) is 1.25. The number of nitrogens with two attached hydrogens (primary N) is 1. The van der Waals surface area contributed by atoms with E-state index in [-0.39, 0.29) is 22.3 Å². The van der Waals surface area contributed by atoms with Crippen LogP contribution in [0.15, 0.2) is 47.7 Å². The second-order valence-electron chi connectivity index (χ2n) is 6.83. The number of primary amides is 1. The zero-order chi connectivity index (χ0) is 24.8. The first-order valence-electron chi connectivity index (χ1n) is 10.1. The van der Waals surface area contributed by atoms with Crippen LogP contribution in [0.1, 0.15) is 19.4 Å². The second-order valence-corrected chi connectivity index (χ2v) is 7.64. The number of carbonyl (C=O) groups excluding carboxylic acids is 2. The SMILES string of the molecule is CCc1ccnc2ccc(Oc3c(Cl)cc(N(CC)N=C(C#N)C(=O)OC(N)=O)cc3Cl)cc12. The molecule has 0 unspecified atom stereocenters. The summed E-state index contributed by atoms with van der Waals surface area (Å²) in [5.41, 5.74) is 6.49. The smallest absolute Gasteiger partial charge is 0.412 e. The first-order valence-corrected chi connectivity index (χ1v) is 10.8. The Morgan fingerprint density at radius 2 is 1.88 bits per heavy atom. The Bertz CT molecular complexity index is 1310. The molecule has 0 aliphatic rings. The van der Waals surface area contributed by atoms with Crippen LogP contribution in [-0.4, -0.2) is 29.3 Å². The molecule has 0 saturated heterocycles. The molecule has 2 N–H and O–H groups in total. The summed E-state index contributed by atoms with van der Waals surface area (Å²) in [4.78, 5) is 27.0. The number of fused-ring (bicyclic) bond motifs is 1. The minimum absolute atomic E-state index is 0.177. The van der Waals surface area contributed by atoms with Gasteiger partial charge in [0.25, 0.3) is 0 Å². The van der Waals surface area contributed by atoms with Crippen molar-refractivity contribution in [2.24, 2.45) is 10.8 Å². The van der Waals surface area contributed by atoms with Crippen molar-refractivity contribution in [3.8, 4) is 17.6 Å². The van der Waals surface area contributed by atoms with Gasteiger partial charge in [0.15, 0.2) is 5.75 Å². The Kier molecular flexibility index (Phi) is 7.89. The van der Waals surface area contributed by atoms with Gasteiger partial charge in [0.05, 0.1) is 21.2 Å². The van der Waals surface area contributed by atoms with Crippen LogP contribution in [0.4, 0.5) is 10.5 Å². The number of aromatic nitrogens is 1. The molecule has 174 valence electrons. The summed E-state index contributed by atoms with van der Waals surface area (Å²) >= 11 is 12.9. The number of nitrogens with zero attached hydrogens (tertiary/aromatic N) is 4. The number of rotatable bonds is 7. The zero-order valence-corrected chi connectivity index (χ0v) is 19.7. The number of esters is 1. The molecule has 2 aromatic carbocycles. The lowest BCUT2D eigenvalue weighted by molar-refractivity contribution is -0.129. The molecule has 0 atom stereocenters. The van der Waals surface area contributed by atoms with Gasteiger partial charge in [-0.25, -0.2) is 9.59 Å². The average Bonchev–Trinajstić information content (AvgIpc) is 2.81. The van der Waals surface area contributed by atoms with Crippen molar-refractivity contribution in [1.29, 1.82) is 5.26 Å². The number of ether oxygens (including phenoxy) is 2. The van der Waals surface area contributed by atoms with Crippen LogP contribution in [0, 0.1) is 11.3 Å². The summed E-state index contributed by atoms with van der Waals surface area (Å²) < 4.78 is 10.2. The Balaban J connectivity index is 1.93. The highest BCUT2D eigenvalue weighted by Crippen LogP contribution is 2.40. The van der Waals surface area contributed by atoms with Crippen LogP contribution < -0.4 is 15.5 Å². The summed E-state index contributed by atoms with van der Waals surface area (Å²) in [6.45, 7) is 4.01. The second kappa shape index (κ2) is 10.8. The van der Waals surface area contributed by atoms with E-state index in [1.807, 2.05) is 18.2 Å². The first-order chi connectivity index (χ1) is 16.3. The van der Waals surface area contributed by atoms with E-state index < -0.39 is 17.8 Å². The fourth-order valence-electron chi connectivity index (χ4n) is 3.15. The molecule has 1 amide bonds. The van der Waals surface area contributed by atoms with Gasteiger partial charge < -0.3 is 15.2 Å². The molecule has 0 spiro atoms. The predicted molar refractivity (Wildman–Crippen MR) is 129 cm³/mol. The third-order valence-electron chi connectivity index (χ3n) is 4.70. The maximum absolute atomic E-state index is 11.8. The largest absolute Gasteiger partial charge is 0.454 e. The molecule has 1 aromatic heterocycles. The molecular formula is C23H19Cl2N5O4. The maximum Gasteiger partial charge on any atom is 0.412 e. The highest BCUT2D eigenvalue weighted by molar-refractivity contribution is 6.44. The van der Waals surface area contributed by atoms with Crippen molar-refractivity contribution in [3.63, 3.8) is 0 Å². The number of benzene rings is 2. The van der Waals surface area contributed by atoms with Crippen LogP contribution in [0.3, 0.4) is 0 Å². The van der Waals surface area contributed by atoms with Crippen molar-refractivity contribution in [2.45, 2.75) is 20.3 Å². The molecule has 3 aromatic rings. The number of anilines is 1. The third-order valence-corrected chi connectivity index (χ3v) is 5.26. The van der Waals surface area contributed by atoms with E-state index in [1.165, 1.54) is 17.1 Å². The molecule has 1 heterocycles. The Morgan fingerprint density at radius 1 is 1.18 bits per heavy atom. The fourth-order valence-corrected chi connectivity index (χ4v) is 3.70. The van der Waals surface area contributed by atoms with E-state index in [1.54, 1.807) is 25.3 Å². The lowest BCUT2D eigenvalue weighted by Gasteiger charge is -2.19. The molecule has 0 aliphatic carbocycles. The van der Waals surface area contributed by atoms with Gasteiger partial charge in [0, 0.05) is 18.1 Å². The summed E-state index contributed by atoms with van der Waals surface area (Å²) in [5.74, 6) is -0.525. The van der Waals surface area contributed by atoms with Gasteiger partial charge in [0.1, 0.15) is 11.8 Å². The predicted octanol–water partition coefficient (Wildman–Crippen LogP) is 5.22. The van der Waals surface area contributed by atoms with E-state index in [2.05, 4.69) is 21.7 Å². The number of hydrogen-bond donors (Lipinski definition) is 1. The summed E-state index contributed by atoms with van der Waals surface area (Å²) in [5, 5.41) is 15.7. The van der Waals surface area contributed by atoms with E-state index in [0.29, 0.717) is 11.4 Å². The normalized spacial score (nSPS) is 11.1. The van der Waals surface area contributed by atoms with E-state index in [0.717, 1.165) is 22.9 Å².